The van der Waals surface area contributed by atoms with Crippen LogP contribution in [0.25, 0.3) is 0 Å². The van der Waals surface area contributed by atoms with E-state index < -0.39 is 0 Å². The molecule has 1 saturated heterocycles. The maximum Gasteiger partial charge on any atom is 0.227 e. The summed E-state index contributed by atoms with van der Waals surface area (Å²) in [6.45, 7) is 6.78. The Morgan fingerprint density at radius 3 is 3.00 bits per heavy atom. The van der Waals surface area contributed by atoms with Crippen LogP contribution in [0, 0.1) is 6.92 Å². The number of carbonyl (C=O) groups is 1. The van der Waals surface area contributed by atoms with E-state index in [2.05, 4.69) is 20.1 Å². The Kier molecular flexibility index (Phi) is 4.45. The van der Waals surface area contributed by atoms with E-state index in [0.29, 0.717) is 24.6 Å². The molecule has 3 rings (SSSR count). The minimum Gasteiger partial charge on any atom is -0.344 e. The number of aromatic amines is 1. The van der Waals surface area contributed by atoms with Crippen molar-refractivity contribution in [3.05, 3.63) is 29.4 Å². The molecule has 23 heavy (non-hydrogen) atoms. The number of hydrogen-bond donors (Lipinski definition) is 1. The third kappa shape index (κ3) is 3.43. The lowest BCUT2D eigenvalue weighted by Gasteiger charge is -2.23. The highest BCUT2D eigenvalue weighted by Crippen LogP contribution is 2.30. The number of carbonyl (C=O) groups excluding carboxylic acids is 1. The van der Waals surface area contributed by atoms with Crippen molar-refractivity contribution in [2.45, 2.75) is 58.4 Å². The molecule has 0 unspecified atom stereocenters. The maximum atomic E-state index is 12.5. The predicted molar refractivity (Wildman–Crippen MR) is 83.7 cm³/mol. The highest BCUT2D eigenvalue weighted by atomic mass is 16.5. The van der Waals surface area contributed by atoms with E-state index >= 15 is 0 Å². The zero-order chi connectivity index (χ0) is 16.4. The van der Waals surface area contributed by atoms with Gasteiger partial charge in [0.2, 0.25) is 11.8 Å². The molecule has 0 aliphatic carbocycles. The Labute approximate surface area is 135 Å². The van der Waals surface area contributed by atoms with Crippen LogP contribution in [0.5, 0.6) is 0 Å². The lowest BCUT2D eigenvalue weighted by molar-refractivity contribution is -0.132. The van der Waals surface area contributed by atoms with Crippen LogP contribution in [0.2, 0.25) is 0 Å². The molecule has 7 nitrogen and oxygen atoms in total. The first-order valence-electron chi connectivity index (χ1n) is 8.18. The van der Waals surface area contributed by atoms with E-state index in [9.17, 15) is 4.79 Å². The molecule has 0 saturated carbocycles. The van der Waals surface area contributed by atoms with Crippen LogP contribution < -0.4 is 0 Å². The van der Waals surface area contributed by atoms with Crippen LogP contribution in [0.1, 0.15) is 68.3 Å². The van der Waals surface area contributed by atoms with Crippen LogP contribution in [0.3, 0.4) is 0 Å². The normalized spacial score (nSPS) is 18.1. The van der Waals surface area contributed by atoms with Gasteiger partial charge < -0.3 is 14.4 Å². The van der Waals surface area contributed by atoms with Gasteiger partial charge in [-0.15, -0.1) is 0 Å². The molecule has 0 bridgehead atoms. The summed E-state index contributed by atoms with van der Waals surface area (Å²) >= 11 is 0. The van der Waals surface area contributed by atoms with Gasteiger partial charge in [0.25, 0.3) is 0 Å². The number of imidazole rings is 1. The van der Waals surface area contributed by atoms with Crippen molar-refractivity contribution >= 4 is 5.91 Å². The van der Waals surface area contributed by atoms with Crippen LogP contribution >= 0.6 is 0 Å². The Hall–Kier alpha value is -2.18. The van der Waals surface area contributed by atoms with Gasteiger partial charge in [-0.1, -0.05) is 19.0 Å². The van der Waals surface area contributed by atoms with Crippen LogP contribution in [0.4, 0.5) is 0 Å². The fourth-order valence-electron chi connectivity index (χ4n) is 2.91. The van der Waals surface area contributed by atoms with E-state index in [1.165, 1.54) is 0 Å². The van der Waals surface area contributed by atoms with Crippen molar-refractivity contribution in [2.24, 2.45) is 0 Å². The molecular formula is C16H23N5O2. The van der Waals surface area contributed by atoms with Gasteiger partial charge in [-0.05, 0) is 19.8 Å². The van der Waals surface area contributed by atoms with E-state index in [0.717, 1.165) is 30.9 Å². The van der Waals surface area contributed by atoms with Gasteiger partial charge in [0.1, 0.15) is 5.82 Å². The van der Waals surface area contributed by atoms with E-state index in [1.54, 1.807) is 0 Å². The maximum absolute atomic E-state index is 12.5. The molecule has 124 valence electrons. The minimum absolute atomic E-state index is 0.0603. The summed E-state index contributed by atoms with van der Waals surface area (Å²) in [6, 6.07) is 0.0603. The molecule has 1 fully saturated rings. The molecular weight excluding hydrogens is 294 g/mol. The van der Waals surface area contributed by atoms with Crippen LogP contribution in [0.15, 0.2) is 10.7 Å². The van der Waals surface area contributed by atoms with Crippen molar-refractivity contribution < 1.29 is 9.32 Å². The zero-order valence-corrected chi connectivity index (χ0v) is 13.9. The largest absolute Gasteiger partial charge is 0.344 e. The molecule has 7 heteroatoms. The molecule has 1 aliphatic heterocycles. The van der Waals surface area contributed by atoms with Crippen molar-refractivity contribution in [3.63, 3.8) is 0 Å². The first-order chi connectivity index (χ1) is 11.0. The lowest BCUT2D eigenvalue weighted by Crippen LogP contribution is -2.31. The SMILES string of the molecule is Cc1cnc([C@@H]2CCCN2C(=O)CCc2nc(C(C)C)no2)[nH]1. The van der Waals surface area contributed by atoms with Gasteiger partial charge in [-0.3, -0.25) is 4.79 Å². The van der Waals surface area contributed by atoms with Crippen molar-refractivity contribution in [2.75, 3.05) is 6.54 Å². The Balaban J connectivity index is 1.60. The highest BCUT2D eigenvalue weighted by molar-refractivity contribution is 5.77. The smallest absolute Gasteiger partial charge is 0.227 e. The summed E-state index contributed by atoms with van der Waals surface area (Å²) in [5, 5.41) is 3.93. The Morgan fingerprint density at radius 1 is 1.52 bits per heavy atom. The zero-order valence-electron chi connectivity index (χ0n) is 13.9. The summed E-state index contributed by atoms with van der Waals surface area (Å²) in [7, 11) is 0. The van der Waals surface area contributed by atoms with E-state index in [4.69, 9.17) is 4.52 Å². The standard InChI is InChI=1S/C16H23N5O2/c1-10(2)15-19-13(23-20-15)6-7-14(22)21-8-4-5-12(21)16-17-9-11(3)18-16/h9-10,12H,4-8H2,1-3H3,(H,17,18)/t12-/m0/s1. The van der Waals surface area contributed by atoms with Crippen LogP contribution in [-0.2, 0) is 11.2 Å². The second kappa shape index (κ2) is 6.52. The highest BCUT2D eigenvalue weighted by Gasteiger charge is 2.31. The summed E-state index contributed by atoms with van der Waals surface area (Å²) < 4.78 is 5.20. The third-order valence-electron chi connectivity index (χ3n) is 4.16. The molecule has 1 atom stereocenters. The summed E-state index contributed by atoms with van der Waals surface area (Å²) in [5.74, 6) is 2.46. The Morgan fingerprint density at radius 2 is 2.35 bits per heavy atom. The number of nitrogens with one attached hydrogen (secondary N) is 1. The first kappa shape index (κ1) is 15.7. The number of likely N-dealkylation sites (tertiary alicyclic amines) is 1. The molecule has 3 heterocycles. The third-order valence-corrected chi connectivity index (χ3v) is 4.16. The van der Waals surface area contributed by atoms with Crippen LogP contribution in [-0.4, -0.2) is 37.5 Å². The van der Waals surface area contributed by atoms with Gasteiger partial charge in [0, 0.05) is 37.2 Å². The fraction of sp³-hybridized carbons (Fsp3) is 0.625. The molecule has 0 spiro atoms. The molecule has 0 aromatic carbocycles. The van der Waals surface area contributed by atoms with Gasteiger partial charge in [-0.25, -0.2) is 4.98 Å². The topological polar surface area (TPSA) is 87.9 Å². The molecule has 1 N–H and O–H groups in total. The molecule has 1 aliphatic rings. The number of aromatic nitrogens is 4. The average Bonchev–Trinajstić information content (AvgIpc) is 3.24. The van der Waals surface area contributed by atoms with Gasteiger partial charge in [0.05, 0.1) is 6.04 Å². The Bertz CT molecular complexity index is 676. The summed E-state index contributed by atoms with van der Waals surface area (Å²) in [6.07, 6.45) is 4.64. The summed E-state index contributed by atoms with van der Waals surface area (Å²) in [4.78, 5) is 26.4. The quantitative estimate of drug-likeness (QED) is 0.915. The number of hydrogen-bond acceptors (Lipinski definition) is 5. The molecule has 1 amide bonds. The predicted octanol–water partition coefficient (Wildman–Crippen LogP) is 2.52. The fourth-order valence-corrected chi connectivity index (χ4v) is 2.91. The van der Waals surface area contributed by atoms with Gasteiger partial charge in [-0.2, -0.15) is 4.98 Å². The first-order valence-corrected chi connectivity index (χ1v) is 8.18. The minimum atomic E-state index is 0.0603. The monoisotopic (exact) mass is 317 g/mol. The molecule has 0 radical (unpaired) electrons. The number of amides is 1. The number of H-pyrrole nitrogens is 1. The lowest BCUT2D eigenvalue weighted by atomic mass is 10.2. The second-order valence-electron chi connectivity index (χ2n) is 6.40. The van der Waals surface area contributed by atoms with Crippen molar-refractivity contribution in [1.82, 2.24) is 25.0 Å². The van der Waals surface area contributed by atoms with Crippen molar-refractivity contribution in [3.8, 4) is 0 Å². The van der Waals surface area contributed by atoms with E-state index in [-0.39, 0.29) is 17.9 Å². The summed E-state index contributed by atoms with van der Waals surface area (Å²) in [5.41, 5.74) is 1.02. The van der Waals surface area contributed by atoms with Gasteiger partial charge >= 0.3 is 0 Å². The number of rotatable bonds is 5. The number of aryl methyl sites for hydroxylation is 2. The van der Waals surface area contributed by atoms with E-state index in [1.807, 2.05) is 31.9 Å². The number of nitrogens with zero attached hydrogens (tertiary/aromatic N) is 4. The molecule has 2 aromatic heterocycles. The van der Waals surface area contributed by atoms with Crippen molar-refractivity contribution in [1.29, 1.82) is 0 Å². The molecule has 2 aromatic rings. The second-order valence-corrected chi connectivity index (χ2v) is 6.40. The average molecular weight is 317 g/mol. The van der Waals surface area contributed by atoms with Gasteiger partial charge in [0.15, 0.2) is 5.82 Å².